The average Bonchev–Trinajstić information content (AvgIpc) is 2.28. The Hall–Kier alpha value is 1.49. The van der Waals surface area contributed by atoms with Crippen LogP contribution < -0.4 is 0 Å². The zero-order valence-corrected chi connectivity index (χ0v) is 14.9. The summed E-state index contributed by atoms with van der Waals surface area (Å²) in [6.45, 7) is 0.457. The Bertz CT molecular complexity index is 317. The van der Waals surface area contributed by atoms with Gasteiger partial charge >= 0.3 is 151 Å². The first-order valence-electron chi connectivity index (χ1n) is 4.63. The van der Waals surface area contributed by atoms with Crippen molar-refractivity contribution in [1.29, 1.82) is 0 Å². The zero-order valence-electron chi connectivity index (χ0n) is 8.62. The van der Waals surface area contributed by atoms with Crippen LogP contribution in [0.3, 0.4) is 0 Å². The van der Waals surface area contributed by atoms with E-state index < -0.39 is 0 Å². The molecule has 82 valence electrons. The second-order valence-electron chi connectivity index (χ2n) is 3.06. The molecule has 0 saturated carbocycles. The summed E-state index contributed by atoms with van der Waals surface area (Å²) in [6.07, 6.45) is 2.70. The van der Waals surface area contributed by atoms with E-state index in [0.29, 0.717) is 15.4 Å². The fraction of sp³-hybridized carbons (Fsp3) is 0.400. The van der Waals surface area contributed by atoms with Gasteiger partial charge in [0, 0.05) is 0 Å². The van der Waals surface area contributed by atoms with E-state index >= 15 is 0 Å². The number of allylic oxidation sites excluding steroid dienone is 2. The minimum atomic E-state index is -0.154. The Kier molecular flexibility index (Phi) is 8.33. The summed E-state index contributed by atoms with van der Waals surface area (Å²) in [5.41, 5.74) is 0.880. The van der Waals surface area contributed by atoms with E-state index in [1.165, 1.54) is 12.2 Å². The van der Waals surface area contributed by atoms with E-state index in [9.17, 15) is 9.59 Å². The predicted octanol–water partition coefficient (Wildman–Crippen LogP) is 0.0378. The molecule has 4 nitrogen and oxygen atoms in total. The molecule has 0 aliphatic heterocycles. The van der Waals surface area contributed by atoms with Gasteiger partial charge in [-0.2, -0.15) is 0 Å². The third-order valence-electron chi connectivity index (χ3n) is 1.94. The van der Waals surface area contributed by atoms with Crippen LogP contribution in [0.25, 0.3) is 0 Å². The first-order chi connectivity index (χ1) is 7.69. The van der Waals surface area contributed by atoms with Crippen LogP contribution in [0.1, 0.15) is 0 Å². The number of hydrogen-bond donors (Lipinski definition) is 0. The van der Waals surface area contributed by atoms with Gasteiger partial charge in [-0.05, 0) is 0 Å². The number of carbonyl (C=O) groups is 2. The van der Waals surface area contributed by atoms with E-state index in [2.05, 4.69) is 0 Å². The van der Waals surface area contributed by atoms with Crippen molar-refractivity contribution in [2.24, 2.45) is 0 Å². The van der Waals surface area contributed by atoms with Crippen molar-refractivity contribution in [1.82, 2.24) is 0 Å². The number of carbonyl (C=O) groups excluding carboxylic acids is 2. The molecule has 16 heavy (non-hydrogen) atoms. The molecule has 1 aliphatic rings. The van der Waals surface area contributed by atoms with Crippen LogP contribution in [0.2, 0.25) is 0 Å². The van der Waals surface area contributed by atoms with Crippen molar-refractivity contribution >= 4 is 11.6 Å². The third kappa shape index (κ3) is 5.01. The quantitative estimate of drug-likeness (QED) is 0.511. The van der Waals surface area contributed by atoms with Crippen LogP contribution in [-0.4, -0.2) is 29.0 Å². The summed E-state index contributed by atoms with van der Waals surface area (Å²) < 4.78 is 11.7. The molecule has 0 atom stereocenters. The van der Waals surface area contributed by atoms with Gasteiger partial charge in [-0.3, -0.25) is 0 Å². The molecule has 0 fully saturated rings. The maximum absolute atomic E-state index is 11.9. The molecule has 0 heterocycles. The molecule has 0 aromatic heterocycles. The Morgan fingerprint density at radius 1 is 0.938 bits per heavy atom. The van der Waals surface area contributed by atoms with E-state index in [1.807, 2.05) is 0 Å². The topological polar surface area (TPSA) is 52.6 Å². The number of Topliss-reactive ketones (excluding diaryl/α,β-unsaturated/α-hetero) is 1. The molecule has 0 bridgehead atoms. The van der Waals surface area contributed by atoms with Gasteiger partial charge in [0.2, 0.25) is 0 Å². The van der Waals surface area contributed by atoms with E-state index in [4.69, 9.17) is 9.47 Å². The molecule has 1 aliphatic carbocycles. The molecular formula is C10H10Ce2O4. The zero-order chi connectivity index (χ0) is 12.0. The van der Waals surface area contributed by atoms with Crippen molar-refractivity contribution < 1.29 is 98.4 Å². The molecule has 0 unspecified atom stereocenters. The molecule has 0 aromatic carbocycles. The van der Waals surface area contributed by atoms with Gasteiger partial charge in [-0.1, -0.05) is 0 Å². The Morgan fingerprint density at radius 2 is 1.38 bits per heavy atom. The van der Waals surface area contributed by atoms with Crippen LogP contribution in [0.15, 0.2) is 23.3 Å². The number of ketones is 2. The maximum atomic E-state index is 11.9. The van der Waals surface area contributed by atoms with Gasteiger partial charge in [0.15, 0.2) is 0 Å². The number of hydrogen-bond acceptors (Lipinski definition) is 4. The number of ether oxygens (including phenoxy) is 2. The molecular weight excluding hydrogens is 464 g/mol. The summed E-state index contributed by atoms with van der Waals surface area (Å²) in [5, 5.41) is 0. The van der Waals surface area contributed by atoms with Crippen LogP contribution in [0.4, 0.5) is 0 Å². The average molecular weight is 474 g/mol. The molecule has 0 radical (unpaired) electrons. The van der Waals surface area contributed by atoms with Gasteiger partial charge in [0.25, 0.3) is 0 Å². The third-order valence-corrected chi connectivity index (χ3v) is 3.22. The normalized spacial score (nSPS) is 15.9. The van der Waals surface area contributed by atoms with Crippen LogP contribution >= 0.6 is 0 Å². The second kappa shape index (κ2) is 8.57. The van der Waals surface area contributed by atoms with Crippen molar-refractivity contribution in [2.45, 2.75) is 0 Å². The van der Waals surface area contributed by atoms with Crippen molar-refractivity contribution in [2.75, 3.05) is 17.5 Å². The van der Waals surface area contributed by atoms with Gasteiger partial charge in [-0.25, -0.2) is 0 Å². The SMILES string of the molecule is O=C1C=C(CO[CH2][Ce])C(=O)C(CO[CH2][Ce])=C1. The molecule has 0 spiro atoms. The summed E-state index contributed by atoms with van der Waals surface area (Å²) in [4.78, 5) is 23.2. The van der Waals surface area contributed by atoms with Crippen LogP contribution in [0.5, 0.6) is 0 Å². The first kappa shape index (κ1) is 15.6. The van der Waals surface area contributed by atoms with Gasteiger partial charge in [0.05, 0.1) is 0 Å². The van der Waals surface area contributed by atoms with Crippen LogP contribution in [-0.2, 0) is 19.1 Å². The standard InChI is InChI=1S/C10H10O4.2Ce/c1-13-5-7-3-9(11)4-8(6-14-2)10(7)12;;/h3-4H,1-2,5-6H2;;. The Balaban J connectivity index is 2.68. The van der Waals surface area contributed by atoms with Gasteiger partial charge in [0.1, 0.15) is 0 Å². The van der Waals surface area contributed by atoms with E-state index in [-0.39, 0.29) is 24.8 Å². The number of rotatable bonds is 6. The van der Waals surface area contributed by atoms with Gasteiger partial charge in [-0.15, -0.1) is 0 Å². The summed E-state index contributed by atoms with van der Waals surface area (Å²) in [6, 6.07) is 0. The molecule has 0 amide bonds. The summed E-state index contributed by atoms with van der Waals surface area (Å²) >= 11 is 1.85. The minimum absolute atomic E-state index is 0.121. The summed E-state index contributed by atoms with van der Waals surface area (Å²) in [7, 11) is 0. The molecule has 0 aromatic rings. The van der Waals surface area contributed by atoms with Crippen molar-refractivity contribution in [3.63, 3.8) is 0 Å². The predicted molar refractivity (Wildman–Crippen MR) is 47.8 cm³/mol. The Morgan fingerprint density at radius 3 is 1.75 bits per heavy atom. The van der Waals surface area contributed by atoms with Crippen molar-refractivity contribution in [3.8, 4) is 0 Å². The first-order valence-corrected chi connectivity index (χ1v) is 9.07. The van der Waals surface area contributed by atoms with E-state index in [1.54, 1.807) is 0 Å². The van der Waals surface area contributed by atoms with Crippen molar-refractivity contribution in [3.05, 3.63) is 23.3 Å². The fourth-order valence-electron chi connectivity index (χ4n) is 1.26. The molecule has 0 N–H and O–H groups in total. The molecule has 0 saturated heterocycles. The second-order valence-corrected chi connectivity index (χ2v) is 4.87. The molecule has 1 rings (SSSR count). The fourth-order valence-corrected chi connectivity index (χ4v) is 1.90. The van der Waals surface area contributed by atoms with E-state index in [0.717, 1.165) is 79.3 Å². The molecule has 6 heteroatoms. The monoisotopic (exact) mass is 474 g/mol. The Labute approximate surface area is 148 Å². The van der Waals surface area contributed by atoms with Crippen LogP contribution in [0, 0.1) is 79.3 Å². The van der Waals surface area contributed by atoms with Gasteiger partial charge < -0.3 is 0 Å². The summed E-state index contributed by atoms with van der Waals surface area (Å²) in [5.74, 6) is -0.275.